The van der Waals surface area contributed by atoms with Crippen LogP contribution in [0.15, 0.2) is 60.7 Å². The van der Waals surface area contributed by atoms with Crippen molar-refractivity contribution >= 4 is 25.4 Å². The third kappa shape index (κ3) is 6.94. The van der Waals surface area contributed by atoms with Gasteiger partial charge in [0.15, 0.2) is 0 Å². The van der Waals surface area contributed by atoms with Crippen molar-refractivity contribution in [2.75, 3.05) is 0 Å². The Morgan fingerprint density at radius 3 is 1.59 bits per heavy atom. The van der Waals surface area contributed by atoms with Gasteiger partial charge < -0.3 is 24.8 Å². The van der Waals surface area contributed by atoms with E-state index in [2.05, 4.69) is 102 Å². The van der Waals surface area contributed by atoms with E-state index in [1.165, 1.54) is 32.7 Å². The SMILES string of the molecule is CC(C)c1ccc2c(c1)[cH-]c1cc(C(C)C)ccc12.[C-]1=CC=CC1.[Cl-].[Cl-].[Ti+2]=[C]1C2CC3CC(C2)CC1C3. The van der Waals surface area contributed by atoms with Gasteiger partial charge in [-0.3, -0.25) is 6.08 Å². The van der Waals surface area contributed by atoms with Crippen LogP contribution in [0.25, 0.3) is 21.5 Å². The van der Waals surface area contributed by atoms with Crippen LogP contribution in [0.2, 0.25) is 0 Å². The van der Waals surface area contributed by atoms with Gasteiger partial charge in [0.1, 0.15) is 0 Å². The molecule has 37 heavy (non-hydrogen) atoms. The third-order valence-electron chi connectivity index (χ3n) is 8.69. The van der Waals surface area contributed by atoms with Gasteiger partial charge in [0.2, 0.25) is 0 Å². The van der Waals surface area contributed by atoms with E-state index in [0.717, 1.165) is 30.1 Å². The van der Waals surface area contributed by atoms with Crippen molar-refractivity contribution in [3.63, 3.8) is 0 Å². The van der Waals surface area contributed by atoms with E-state index in [9.17, 15) is 0 Å². The zero-order chi connectivity index (χ0) is 24.5. The van der Waals surface area contributed by atoms with Crippen molar-refractivity contribution in [1.82, 2.24) is 0 Å². The molecular weight excluding hydrogens is 527 g/mol. The first kappa shape index (κ1) is 30.5. The van der Waals surface area contributed by atoms with Crippen molar-refractivity contribution < 1.29 is 44.8 Å². The van der Waals surface area contributed by atoms with Gasteiger partial charge in [-0.2, -0.15) is 6.08 Å². The summed E-state index contributed by atoms with van der Waals surface area (Å²) < 4.78 is 1.87. The Labute approximate surface area is 248 Å². The number of rotatable bonds is 2. The first-order valence-corrected chi connectivity index (χ1v) is 14.6. The summed E-state index contributed by atoms with van der Waals surface area (Å²) in [5.74, 6) is 5.59. The second-order valence-electron chi connectivity index (χ2n) is 11.9. The number of hydrogen-bond donors (Lipinski definition) is 0. The van der Waals surface area contributed by atoms with Gasteiger partial charge in [0.25, 0.3) is 0 Å². The molecule has 3 heteroatoms. The molecule has 3 aromatic carbocycles. The minimum absolute atomic E-state index is 0. The van der Waals surface area contributed by atoms with E-state index < -0.39 is 0 Å². The van der Waals surface area contributed by atoms with Crippen LogP contribution in [0.5, 0.6) is 0 Å². The van der Waals surface area contributed by atoms with Gasteiger partial charge >= 0.3 is 79.6 Å². The predicted molar refractivity (Wildman–Crippen MR) is 149 cm³/mol. The van der Waals surface area contributed by atoms with Crippen LogP contribution in [0.3, 0.4) is 0 Å². The Balaban J connectivity index is 0.000000178. The van der Waals surface area contributed by atoms with Crippen LogP contribution in [0.4, 0.5) is 0 Å². The van der Waals surface area contributed by atoms with Gasteiger partial charge in [0, 0.05) is 0 Å². The van der Waals surface area contributed by atoms with Crippen molar-refractivity contribution in [2.24, 2.45) is 23.7 Å². The molecule has 5 aliphatic rings. The minimum atomic E-state index is 0. The van der Waals surface area contributed by atoms with Crippen molar-refractivity contribution in [2.45, 2.75) is 78.1 Å². The zero-order valence-electron chi connectivity index (χ0n) is 22.7. The van der Waals surface area contributed by atoms with Gasteiger partial charge in [0.05, 0.1) is 0 Å². The fourth-order valence-electron chi connectivity index (χ4n) is 6.81. The first-order valence-electron chi connectivity index (χ1n) is 13.8. The molecule has 8 rings (SSSR count). The molecule has 0 aromatic heterocycles. The Bertz CT molecular complexity index is 1160. The maximum atomic E-state index is 2.99. The Hall–Kier alpha value is -1.05. The summed E-state index contributed by atoms with van der Waals surface area (Å²) in [5, 5.41) is 5.52. The van der Waals surface area contributed by atoms with Crippen LogP contribution in [0, 0.1) is 29.7 Å². The zero-order valence-corrected chi connectivity index (χ0v) is 25.8. The van der Waals surface area contributed by atoms with Crippen LogP contribution < -0.4 is 24.8 Å². The summed E-state index contributed by atoms with van der Waals surface area (Å²) in [5.41, 5.74) is 2.85. The average molecular weight is 567 g/mol. The Morgan fingerprint density at radius 2 is 1.24 bits per heavy atom. The van der Waals surface area contributed by atoms with Crippen LogP contribution in [-0.2, 0) is 20.0 Å². The molecule has 0 unspecified atom stereocenters. The summed E-state index contributed by atoms with van der Waals surface area (Å²) in [6.45, 7) is 9.00. The fraction of sp³-hybridized carbons (Fsp3) is 0.471. The van der Waals surface area contributed by atoms with Crippen molar-refractivity contribution in [3.05, 3.63) is 77.9 Å². The maximum absolute atomic E-state index is 2.99. The molecular formula is C34H40Cl2Ti-2. The standard InChI is InChI=1S/C19H21.C10H14.C5H5.2ClH.Ti/c1-12(2)14-5-7-18-16(9-14)11-17-10-15(13(3)4)6-8-19(17)18;1-7-2-9-4-8(1)5-10(3-7)6-9;1-2-4-5-3-1;;;/h5-13H,1-4H3;7-10H,1-5H2;1-3H,4H2;2*1H;/q-1;;-1;;;+2/p-2. The predicted octanol–water partition coefficient (Wildman–Crippen LogP) is 3.43. The molecule has 3 aromatic rings. The van der Waals surface area contributed by atoms with E-state index in [-0.39, 0.29) is 24.8 Å². The molecule has 0 spiro atoms. The molecule has 0 saturated heterocycles. The van der Waals surface area contributed by atoms with Gasteiger partial charge in [-0.05, 0) is 11.8 Å². The number of allylic oxidation sites excluding steroid dienone is 4. The quantitative estimate of drug-likeness (QED) is 0.329. The molecule has 0 aliphatic heterocycles. The molecule has 0 nitrogen and oxygen atoms in total. The number of fused-ring (bicyclic) bond motifs is 3. The van der Waals surface area contributed by atoms with Gasteiger partial charge in [-0.1, -0.05) is 63.1 Å². The average Bonchev–Trinajstić information content (AvgIpc) is 3.53. The molecule has 4 bridgehead atoms. The van der Waals surface area contributed by atoms with Crippen LogP contribution in [0.1, 0.15) is 89.2 Å². The number of benzene rings is 2. The molecule has 5 aliphatic carbocycles. The molecule has 0 amide bonds. The monoisotopic (exact) mass is 566 g/mol. The summed E-state index contributed by atoms with van der Waals surface area (Å²) in [7, 11) is 0. The Morgan fingerprint density at radius 1 is 0.757 bits per heavy atom. The van der Waals surface area contributed by atoms with E-state index in [1.807, 2.05) is 16.0 Å². The second-order valence-corrected chi connectivity index (χ2v) is 12.8. The Kier molecular flexibility index (Phi) is 11.0. The summed E-state index contributed by atoms with van der Waals surface area (Å²) in [6, 6.07) is 16.1. The van der Waals surface area contributed by atoms with E-state index >= 15 is 0 Å². The topological polar surface area (TPSA) is 0 Å². The van der Waals surface area contributed by atoms with Crippen molar-refractivity contribution in [3.8, 4) is 0 Å². The van der Waals surface area contributed by atoms with Crippen molar-refractivity contribution in [1.29, 1.82) is 0 Å². The van der Waals surface area contributed by atoms with Crippen LogP contribution in [-0.4, -0.2) is 3.81 Å². The number of hydrogen-bond acceptors (Lipinski definition) is 0. The van der Waals surface area contributed by atoms with Gasteiger partial charge in [-0.25, -0.2) is 12.2 Å². The number of halogens is 2. The van der Waals surface area contributed by atoms with E-state index in [4.69, 9.17) is 0 Å². The fourth-order valence-corrected chi connectivity index (χ4v) is 7.55. The molecule has 0 radical (unpaired) electrons. The second kappa shape index (κ2) is 13.3. The van der Waals surface area contributed by atoms with Crippen LogP contribution >= 0.6 is 0 Å². The van der Waals surface area contributed by atoms with Gasteiger partial charge in [-0.15, -0.1) is 46.2 Å². The van der Waals surface area contributed by atoms with E-state index in [0.29, 0.717) is 11.8 Å². The molecule has 196 valence electrons. The molecule has 0 atom stereocenters. The molecule has 0 heterocycles. The first-order chi connectivity index (χ1) is 16.9. The molecule has 4 saturated carbocycles. The van der Waals surface area contributed by atoms with E-state index in [1.54, 1.807) is 32.1 Å². The third-order valence-corrected chi connectivity index (χ3v) is 9.96. The normalized spacial score (nSPS) is 24.6. The summed E-state index contributed by atoms with van der Waals surface area (Å²) >= 11 is 2.42. The molecule has 0 N–H and O–H groups in total. The summed E-state index contributed by atoms with van der Waals surface area (Å²) in [6.07, 6.45) is 17.8. The molecule has 4 fully saturated rings. The summed E-state index contributed by atoms with van der Waals surface area (Å²) in [4.78, 5) is 0.